The number of hydrogen-bond donors (Lipinski definition) is 0. The van der Waals surface area contributed by atoms with E-state index in [9.17, 15) is 0 Å². The molecule has 0 radical (unpaired) electrons. The van der Waals surface area contributed by atoms with Crippen molar-refractivity contribution in [2.24, 2.45) is 0 Å². The molecule has 0 aromatic carbocycles. The van der Waals surface area contributed by atoms with E-state index in [0.717, 1.165) is 9.13 Å². The normalized spacial score (nSPS) is 10.1. The monoisotopic (exact) mass is 317 g/mol. The smallest absolute Gasteiger partial charge is 0.161 e. The summed E-state index contributed by atoms with van der Waals surface area (Å²) in [5.74, 6) is 0.623. The Morgan fingerprint density at radius 3 is 2.57 bits per heavy atom. The summed E-state index contributed by atoms with van der Waals surface area (Å²) in [4.78, 5) is 12.3. The molecule has 14 heavy (non-hydrogen) atoms. The van der Waals surface area contributed by atoms with Crippen LogP contribution in [0.25, 0.3) is 11.4 Å². The van der Waals surface area contributed by atoms with Crippen LogP contribution in [-0.2, 0) is 0 Å². The molecule has 0 unspecified atom stereocenters. The lowest BCUT2D eigenvalue weighted by Gasteiger charge is -2.00. The van der Waals surface area contributed by atoms with E-state index in [0.29, 0.717) is 11.0 Å². The molecule has 0 aliphatic heterocycles. The molecule has 0 amide bonds. The Labute approximate surface area is 99.7 Å². The van der Waals surface area contributed by atoms with Gasteiger partial charge in [0.2, 0.25) is 0 Å². The van der Waals surface area contributed by atoms with Gasteiger partial charge in [-0.2, -0.15) is 0 Å². The number of halogens is 2. The second-order valence-corrected chi connectivity index (χ2v) is 4.09. The number of rotatable bonds is 1. The lowest BCUT2D eigenvalue weighted by atomic mass is 10.2. The highest BCUT2D eigenvalue weighted by molar-refractivity contribution is 14.1. The average Bonchev–Trinajstić information content (AvgIpc) is 2.23. The van der Waals surface area contributed by atoms with Crippen LogP contribution in [0.15, 0.2) is 30.7 Å². The molecule has 0 bridgehead atoms. The summed E-state index contributed by atoms with van der Waals surface area (Å²) in [6.07, 6.45) is 5.10. The van der Waals surface area contributed by atoms with Gasteiger partial charge in [-0.15, -0.1) is 0 Å². The molecule has 2 rings (SSSR count). The van der Waals surface area contributed by atoms with E-state index in [1.54, 1.807) is 18.6 Å². The number of aromatic nitrogens is 3. The zero-order chi connectivity index (χ0) is 9.97. The van der Waals surface area contributed by atoms with Gasteiger partial charge >= 0.3 is 0 Å². The van der Waals surface area contributed by atoms with Gasteiger partial charge in [0.05, 0.1) is 3.57 Å². The van der Waals surface area contributed by atoms with Gasteiger partial charge in [0, 0.05) is 24.2 Å². The molecule has 0 aliphatic rings. The molecule has 0 saturated heterocycles. The maximum atomic E-state index is 5.89. The van der Waals surface area contributed by atoms with E-state index < -0.39 is 0 Å². The molecule has 5 heteroatoms. The predicted octanol–water partition coefficient (Wildman–Crippen LogP) is 2.80. The Morgan fingerprint density at radius 2 is 1.93 bits per heavy atom. The predicted molar refractivity (Wildman–Crippen MR) is 63.0 cm³/mol. The highest BCUT2D eigenvalue weighted by atomic mass is 127. The third-order valence-electron chi connectivity index (χ3n) is 1.64. The Kier molecular flexibility index (Phi) is 2.93. The van der Waals surface area contributed by atoms with Gasteiger partial charge in [0.25, 0.3) is 0 Å². The van der Waals surface area contributed by atoms with Crippen molar-refractivity contribution in [2.45, 2.75) is 0 Å². The van der Waals surface area contributed by atoms with E-state index in [-0.39, 0.29) is 0 Å². The minimum absolute atomic E-state index is 0.479. The third kappa shape index (κ3) is 2.01. The Morgan fingerprint density at radius 1 is 1.21 bits per heavy atom. The topological polar surface area (TPSA) is 38.7 Å². The summed E-state index contributed by atoms with van der Waals surface area (Å²) in [6.45, 7) is 0. The van der Waals surface area contributed by atoms with Gasteiger partial charge < -0.3 is 0 Å². The molecule has 0 N–H and O–H groups in total. The number of nitrogens with zero attached hydrogens (tertiary/aromatic N) is 3. The molecular formula is C9H5ClIN3. The molecule has 0 atom stereocenters. The van der Waals surface area contributed by atoms with Gasteiger partial charge in [-0.05, 0) is 34.7 Å². The van der Waals surface area contributed by atoms with Gasteiger partial charge in [-0.25, -0.2) is 9.97 Å². The fourth-order valence-electron chi connectivity index (χ4n) is 0.986. The van der Waals surface area contributed by atoms with Crippen LogP contribution in [0.5, 0.6) is 0 Å². The summed E-state index contributed by atoms with van der Waals surface area (Å²) in [5, 5.41) is 0.479. The van der Waals surface area contributed by atoms with Crippen molar-refractivity contribution in [1.29, 1.82) is 0 Å². The van der Waals surface area contributed by atoms with E-state index in [2.05, 4.69) is 37.5 Å². The molecule has 0 aliphatic carbocycles. The molecular weight excluding hydrogens is 312 g/mol. The highest BCUT2D eigenvalue weighted by Gasteiger charge is 2.03. The first kappa shape index (κ1) is 9.79. The van der Waals surface area contributed by atoms with E-state index >= 15 is 0 Å². The van der Waals surface area contributed by atoms with Crippen LogP contribution < -0.4 is 0 Å². The van der Waals surface area contributed by atoms with Crippen molar-refractivity contribution in [1.82, 2.24) is 15.0 Å². The zero-order valence-electron chi connectivity index (χ0n) is 6.98. The highest BCUT2D eigenvalue weighted by Crippen LogP contribution is 2.19. The quantitative estimate of drug-likeness (QED) is 0.600. The average molecular weight is 318 g/mol. The maximum absolute atomic E-state index is 5.89. The Balaban J connectivity index is 2.48. The molecule has 3 nitrogen and oxygen atoms in total. The zero-order valence-corrected chi connectivity index (χ0v) is 9.90. The lowest BCUT2D eigenvalue weighted by Crippen LogP contribution is -1.91. The second-order valence-electron chi connectivity index (χ2n) is 2.57. The van der Waals surface area contributed by atoms with Crippen molar-refractivity contribution < 1.29 is 0 Å². The minimum atomic E-state index is 0.479. The van der Waals surface area contributed by atoms with Gasteiger partial charge in [-0.1, -0.05) is 11.6 Å². The summed E-state index contributed by atoms with van der Waals surface area (Å²) >= 11 is 7.98. The van der Waals surface area contributed by atoms with E-state index in [4.69, 9.17) is 11.6 Å². The van der Waals surface area contributed by atoms with Crippen molar-refractivity contribution in [3.05, 3.63) is 39.4 Å². The van der Waals surface area contributed by atoms with Crippen LogP contribution >= 0.6 is 34.2 Å². The van der Waals surface area contributed by atoms with Crippen LogP contribution in [0.4, 0.5) is 0 Å². The van der Waals surface area contributed by atoms with Crippen molar-refractivity contribution in [3.8, 4) is 11.4 Å². The summed E-state index contributed by atoms with van der Waals surface area (Å²) < 4.78 is 0.849. The lowest BCUT2D eigenvalue weighted by molar-refractivity contribution is 1.15. The van der Waals surface area contributed by atoms with Gasteiger partial charge in [0.1, 0.15) is 5.15 Å². The Bertz CT molecular complexity index is 447. The number of pyridine rings is 1. The second kappa shape index (κ2) is 4.18. The van der Waals surface area contributed by atoms with Crippen molar-refractivity contribution >= 4 is 34.2 Å². The fraction of sp³-hybridized carbons (Fsp3) is 0. The van der Waals surface area contributed by atoms with E-state index in [1.165, 1.54) is 0 Å². The van der Waals surface area contributed by atoms with E-state index in [1.807, 2.05) is 12.1 Å². The van der Waals surface area contributed by atoms with Crippen LogP contribution in [0.2, 0.25) is 5.15 Å². The van der Waals surface area contributed by atoms with Crippen molar-refractivity contribution in [2.75, 3.05) is 0 Å². The molecule has 70 valence electrons. The van der Waals surface area contributed by atoms with Crippen LogP contribution in [0.1, 0.15) is 0 Å². The number of hydrogen-bond acceptors (Lipinski definition) is 3. The fourth-order valence-corrected chi connectivity index (χ4v) is 1.38. The molecule has 0 spiro atoms. The summed E-state index contributed by atoms with van der Waals surface area (Å²) in [7, 11) is 0. The van der Waals surface area contributed by atoms with Crippen molar-refractivity contribution in [3.63, 3.8) is 0 Å². The van der Waals surface area contributed by atoms with Crippen LogP contribution in [0, 0.1) is 3.57 Å². The largest absolute Gasteiger partial charge is 0.265 e. The standard InChI is InChI=1S/C9H5ClIN3/c10-8-7(11)5-13-9(14-8)6-1-3-12-4-2-6/h1-5H. The molecule has 2 heterocycles. The Hall–Kier alpha value is -0.750. The summed E-state index contributed by atoms with van der Waals surface area (Å²) in [6, 6.07) is 3.69. The summed E-state index contributed by atoms with van der Waals surface area (Å²) in [5.41, 5.74) is 0.915. The van der Waals surface area contributed by atoms with Gasteiger partial charge in [0.15, 0.2) is 5.82 Å². The van der Waals surface area contributed by atoms with Gasteiger partial charge in [-0.3, -0.25) is 4.98 Å². The molecule has 2 aromatic heterocycles. The molecule has 0 saturated carbocycles. The first-order chi connectivity index (χ1) is 6.77. The third-order valence-corrected chi connectivity index (χ3v) is 3.04. The first-order valence-electron chi connectivity index (χ1n) is 3.86. The SMILES string of the molecule is Clc1nc(-c2ccncc2)ncc1I. The molecule has 2 aromatic rings. The first-order valence-corrected chi connectivity index (χ1v) is 5.31. The molecule has 0 fully saturated rings. The van der Waals surface area contributed by atoms with Crippen LogP contribution in [-0.4, -0.2) is 15.0 Å². The minimum Gasteiger partial charge on any atom is -0.265 e. The maximum Gasteiger partial charge on any atom is 0.161 e. The van der Waals surface area contributed by atoms with Crippen LogP contribution in [0.3, 0.4) is 0 Å².